The van der Waals surface area contributed by atoms with Crippen molar-refractivity contribution < 1.29 is 23.9 Å². The molecule has 8 heteroatoms. The third-order valence-electron chi connectivity index (χ3n) is 2.98. The summed E-state index contributed by atoms with van der Waals surface area (Å²) in [6.07, 6.45) is -0.256. The molecule has 1 aliphatic carbocycles. The topological polar surface area (TPSA) is 118 Å². The lowest BCUT2D eigenvalue weighted by molar-refractivity contribution is -0.117. The summed E-state index contributed by atoms with van der Waals surface area (Å²) in [7, 11) is 0. The third kappa shape index (κ3) is 7.25. The van der Waals surface area contributed by atoms with Crippen molar-refractivity contribution in [1.82, 2.24) is 10.6 Å². The van der Waals surface area contributed by atoms with Crippen LogP contribution in [0.25, 0.3) is 0 Å². The Morgan fingerprint density at radius 1 is 1.08 bits per heavy atom. The molecule has 1 aliphatic rings. The number of nitrogens with one attached hydrogen (secondary N) is 2. The van der Waals surface area contributed by atoms with Gasteiger partial charge in [-0.15, -0.1) is 0 Å². The molecule has 0 aromatic carbocycles. The molecule has 8 nitrogen and oxygen atoms in total. The molecule has 0 heterocycles. The lowest BCUT2D eigenvalue weighted by Gasteiger charge is -2.31. The number of hydrogen-bond acceptors (Lipinski definition) is 6. The number of alkyl carbamates (subject to hydrolysis) is 2. The second kappa shape index (κ2) is 7.55. The van der Waals surface area contributed by atoms with Gasteiger partial charge in [0.25, 0.3) is 0 Å². The predicted octanol–water partition coefficient (Wildman–Crippen LogP) is 2.20. The van der Waals surface area contributed by atoms with E-state index in [0.717, 1.165) is 6.08 Å². The summed E-state index contributed by atoms with van der Waals surface area (Å²) in [4.78, 5) is 36.2. The number of nitrogens with zero attached hydrogens (tertiary/aromatic N) is 1. The maximum Gasteiger partial charge on any atom is 0.408 e. The Hall–Kier alpha value is -2.56. The lowest BCUT2D eigenvalue weighted by Crippen LogP contribution is -2.58. The van der Waals surface area contributed by atoms with Gasteiger partial charge in [0.1, 0.15) is 17.2 Å². The normalized spacial score (nSPS) is 20.8. The van der Waals surface area contributed by atoms with Crippen LogP contribution in [-0.4, -0.2) is 41.3 Å². The van der Waals surface area contributed by atoms with Crippen LogP contribution in [-0.2, 0) is 14.3 Å². The summed E-state index contributed by atoms with van der Waals surface area (Å²) in [6, 6.07) is 0.0493. The number of carbonyl (C=O) groups excluding carboxylic acids is 3. The Morgan fingerprint density at radius 3 is 2.00 bits per heavy atom. The molecule has 1 rings (SSSR count). The Kier molecular flexibility index (Phi) is 6.19. The second-order valence-electron chi connectivity index (χ2n) is 7.76. The maximum absolute atomic E-state index is 12.3. The van der Waals surface area contributed by atoms with Gasteiger partial charge in [-0.1, -0.05) is 0 Å². The van der Waals surface area contributed by atoms with Crippen LogP contribution in [0, 0.1) is 11.3 Å². The molecular formula is C17H25N3O5. The summed E-state index contributed by atoms with van der Waals surface area (Å²) in [5, 5.41) is 14.0. The van der Waals surface area contributed by atoms with Crippen molar-refractivity contribution in [2.24, 2.45) is 0 Å². The fourth-order valence-corrected chi connectivity index (χ4v) is 2.15. The highest BCUT2D eigenvalue weighted by atomic mass is 16.6. The Labute approximate surface area is 147 Å². The predicted molar refractivity (Wildman–Crippen MR) is 89.6 cm³/mol. The zero-order chi connectivity index (χ0) is 19.4. The molecule has 0 saturated carbocycles. The van der Waals surface area contributed by atoms with Gasteiger partial charge in [0.15, 0.2) is 5.78 Å². The molecule has 2 unspecified atom stereocenters. The molecule has 0 aliphatic heterocycles. The standard InChI is InChI=1S/C17H25N3O5/c1-16(2,3)24-14(22)19-11-7-10(9-18)8-12(21)13(11)20-15(23)25-17(4,5)6/h8,11,13H,7H2,1-6H3,(H,19,22)(H,20,23). The van der Waals surface area contributed by atoms with Crippen LogP contribution >= 0.6 is 0 Å². The van der Waals surface area contributed by atoms with Crippen LogP contribution in [0.4, 0.5) is 9.59 Å². The van der Waals surface area contributed by atoms with Gasteiger partial charge in [-0.2, -0.15) is 5.26 Å². The van der Waals surface area contributed by atoms with Crippen molar-refractivity contribution in [3.8, 4) is 6.07 Å². The average Bonchev–Trinajstić information content (AvgIpc) is 2.37. The minimum absolute atomic E-state index is 0.0992. The second-order valence-corrected chi connectivity index (χ2v) is 7.76. The highest BCUT2D eigenvalue weighted by Gasteiger charge is 2.36. The summed E-state index contributed by atoms with van der Waals surface area (Å²) in [5.41, 5.74) is -1.23. The van der Waals surface area contributed by atoms with Crippen molar-refractivity contribution >= 4 is 18.0 Å². The number of carbonyl (C=O) groups is 3. The van der Waals surface area contributed by atoms with Crippen LogP contribution in [0.5, 0.6) is 0 Å². The first kappa shape index (κ1) is 20.5. The van der Waals surface area contributed by atoms with E-state index in [1.807, 2.05) is 6.07 Å². The lowest BCUT2D eigenvalue weighted by atomic mass is 9.90. The molecule has 0 fully saturated rings. The van der Waals surface area contributed by atoms with Gasteiger partial charge in [0.05, 0.1) is 12.1 Å². The van der Waals surface area contributed by atoms with Crippen LogP contribution in [0.2, 0.25) is 0 Å². The molecule has 2 atom stereocenters. The SMILES string of the molecule is CC(C)(C)OC(=O)NC1CC(C#N)=CC(=O)C1NC(=O)OC(C)(C)C. The van der Waals surface area contributed by atoms with E-state index < -0.39 is 41.3 Å². The van der Waals surface area contributed by atoms with Gasteiger partial charge in [-0.05, 0) is 47.6 Å². The molecule has 0 bridgehead atoms. The van der Waals surface area contributed by atoms with E-state index in [0.29, 0.717) is 0 Å². The van der Waals surface area contributed by atoms with Crippen molar-refractivity contribution in [3.05, 3.63) is 11.6 Å². The van der Waals surface area contributed by atoms with E-state index >= 15 is 0 Å². The first-order valence-electron chi connectivity index (χ1n) is 7.94. The highest BCUT2D eigenvalue weighted by Crippen LogP contribution is 2.18. The van der Waals surface area contributed by atoms with Crippen LogP contribution < -0.4 is 10.6 Å². The van der Waals surface area contributed by atoms with Gasteiger partial charge in [-0.25, -0.2) is 9.59 Å². The van der Waals surface area contributed by atoms with Crippen molar-refractivity contribution in [1.29, 1.82) is 5.26 Å². The summed E-state index contributed by atoms with van der Waals surface area (Å²) >= 11 is 0. The monoisotopic (exact) mass is 351 g/mol. The summed E-state index contributed by atoms with van der Waals surface area (Å²) < 4.78 is 10.3. The quantitative estimate of drug-likeness (QED) is 0.787. The van der Waals surface area contributed by atoms with Crippen molar-refractivity contribution in [2.45, 2.75) is 71.2 Å². The van der Waals surface area contributed by atoms with E-state index in [2.05, 4.69) is 10.6 Å². The van der Waals surface area contributed by atoms with Gasteiger partial charge >= 0.3 is 12.2 Å². The molecule has 2 amide bonds. The number of hydrogen-bond donors (Lipinski definition) is 2. The minimum atomic E-state index is -1.04. The van der Waals surface area contributed by atoms with Crippen molar-refractivity contribution in [2.75, 3.05) is 0 Å². The minimum Gasteiger partial charge on any atom is -0.444 e. The van der Waals surface area contributed by atoms with E-state index in [4.69, 9.17) is 14.7 Å². The average molecular weight is 351 g/mol. The number of amides is 2. The maximum atomic E-state index is 12.3. The molecule has 138 valence electrons. The number of nitriles is 1. The van der Waals surface area contributed by atoms with Gasteiger partial charge in [0, 0.05) is 12.0 Å². The fraction of sp³-hybridized carbons (Fsp3) is 0.647. The van der Waals surface area contributed by atoms with Crippen LogP contribution in [0.3, 0.4) is 0 Å². The van der Waals surface area contributed by atoms with Crippen LogP contribution in [0.1, 0.15) is 48.0 Å². The summed E-state index contributed by atoms with van der Waals surface area (Å²) in [6.45, 7) is 10.2. The first-order valence-corrected chi connectivity index (χ1v) is 7.94. The number of ether oxygens (including phenoxy) is 2. The Bertz CT molecular complexity index is 620. The van der Waals surface area contributed by atoms with Crippen LogP contribution in [0.15, 0.2) is 11.6 Å². The first-order chi connectivity index (χ1) is 11.3. The summed E-state index contributed by atoms with van der Waals surface area (Å²) in [5.74, 6) is -0.491. The largest absolute Gasteiger partial charge is 0.444 e. The molecule has 0 radical (unpaired) electrons. The van der Waals surface area contributed by atoms with E-state index in [1.165, 1.54) is 0 Å². The van der Waals surface area contributed by atoms with Gasteiger partial charge in [-0.3, -0.25) is 4.79 Å². The van der Waals surface area contributed by atoms with Gasteiger partial charge < -0.3 is 20.1 Å². The molecule has 0 aromatic heterocycles. The molecule has 2 N–H and O–H groups in total. The molecule has 0 spiro atoms. The fourth-order valence-electron chi connectivity index (χ4n) is 2.15. The number of rotatable bonds is 2. The van der Waals surface area contributed by atoms with E-state index in [-0.39, 0.29) is 12.0 Å². The Morgan fingerprint density at radius 2 is 1.56 bits per heavy atom. The van der Waals surface area contributed by atoms with E-state index in [1.54, 1.807) is 41.5 Å². The Balaban J connectivity index is 2.91. The smallest absolute Gasteiger partial charge is 0.408 e. The molecule has 25 heavy (non-hydrogen) atoms. The zero-order valence-electron chi connectivity index (χ0n) is 15.4. The van der Waals surface area contributed by atoms with E-state index in [9.17, 15) is 14.4 Å². The van der Waals surface area contributed by atoms with Crippen molar-refractivity contribution in [3.63, 3.8) is 0 Å². The molecule has 0 saturated heterocycles. The third-order valence-corrected chi connectivity index (χ3v) is 2.98. The molecular weight excluding hydrogens is 326 g/mol. The van der Waals surface area contributed by atoms with Gasteiger partial charge in [0.2, 0.25) is 0 Å². The zero-order valence-corrected chi connectivity index (χ0v) is 15.4. The number of ketones is 1. The highest BCUT2D eigenvalue weighted by molar-refractivity contribution is 5.99. The molecule has 0 aromatic rings.